The number of rotatable bonds is 3. The first-order valence-electron chi connectivity index (χ1n) is 9.32. The van der Waals surface area contributed by atoms with Gasteiger partial charge in [-0.25, -0.2) is 9.97 Å². The lowest BCUT2D eigenvalue weighted by Gasteiger charge is -2.42. The normalized spacial score (nSPS) is 17.9. The van der Waals surface area contributed by atoms with Crippen molar-refractivity contribution in [3.63, 3.8) is 0 Å². The van der Waals surface area contributed by atoms with Crippen molar-refractivity contribution < 1.29 is 9.59 Å². The zero-order chi connectivity index (χ0) is 19.3. The molecule has 2 aromatic heterocycles. The van der Waals surface area contributed by atoms with E-state index < -0.39 is 5.91 Å². The molecule has 8 heteroatoms. The van der Waals surface area contributed by atoms with Crippen molar-refractivity contribution in [3.8, 4) is 0 Å². The number of hydrogen-bond acceptors (Lipinski definition) is 5. The van der Waals surface area contributed by atoms with Gasteiger partial charge in [0.2, 0.25) is 5.91 Å². The molecule has 2 fully saturated rings. The highest BCUT2D eigenvalue weighted by Gasteiger charge is 2.53. The van der Waals surface area contributed by atoms with E-state index in [-0.39, 0.29) is 11.4 Å². The predicted octanol–water partition coefficient (Wildman–Crippen LogP) is 1.55. The molecule has 3 aromatic rings. The summed E-state index contributed by atoms with van der Waals surface area (Å²) in [6, 6.07) is 8.56. The van der Waals surface area contributed by atoms with Crippen LogP contribution in [0.15, 0.2) is 42.9 Å². The number of amides is 2. The Bertz CT molecular complexity index is 1070. The van der Waals surface area contributed by atoms with E-state index in [0.29, 0.717) is 24.2 Å². The molecule has 1 saturated heterocycles. The number of fused-ring (bicyclic) bond motifs is 1. The number of benzene rings is 1. The number of hydrogen-bond donors (Lipinski definition) is 2. The maximum absolute atomic E-state index is 13.1. The summed E-state index contributed by atoms with van der Waals surface area (Å²) >= 11 is 0. The number of nitrogens with two attached hydrogens (primary N) is 1. The van der Waals surface area contributed by atoms with Crippen molar-refractivity contribution >= 4 is 28.7 Å². The van der Waals surface area contributed by atoms with Crippen LogP contribution in [-0.2, 0) is 0 Å². The van der Waals surface area contributed by atoms with Gasteiger partial charge in [-0.15, -0.1) is 0 Å². The average Bonchev–Trinajstić information content (AvgIpc) is 3.29. The van der Waals surface area contributed by atoms with Crippen molar-refractivity contribution in [2.24, 2.45) is 5.73 Å². The van der Waals surface area contributed by atoms with E-state index in [2.05, 4.69) is 19.9 Å². The van der Waals surface area contributed by atoms with Crippen LogP contribution in [0.1, 0.15) is 33.6 Å². The van der Waals surface area contributed by atoms with E-state index in [1.54, 1.807) is 30.6 Å². The lowest BCUT2D eigenvalue weighted by molar-refractivity contribution is 0.0624. The minimum absolute atomic E-state index is 0.00245. The Balaban J connectivity index is 1.39. The van der Waals surface area contributed by atoms with Crippen LogP contribution in [0.25, 0.3) is 11.0 Å². The van der Waals surface area contributed by atoms with Gasteiger partial charge in [0.05, 0.1) is 10.9 Å². The van der Waals surface area contributed by atoms with Crippen molar-refractivity contribution in [3.05, 3.63) is 54.0 Å². The second-order valence-electron chi connectivity index (χ2n) is 7.48. The molecule has 142 valence electrons. The highest BCUT2D eigenvalue weighted by atomic mass is 16.2. The molecule has 0 atom stereocenters. The van der Waals surface area contributed by atoms with Gasteiger partial charge in [-0.1, -0.05) is 0 Å². The Morgan fingerprint density at radius 1 is 1.04 bits per heavy atom. The molecule has 5 rings (SSSR count). The smallest absolute Gasteiger partial charge is 0.254 e. The molecule has 1 aliphatic heterocycles. The van der Waals surface area contributed by atoms with E-state index in [1.165, 1.54) is 0 Å². The van der Waals surface area contributed by atoms with Crippen LogP contribution in [0.4, 0.5) is 5.82 Å². The Morgan fingerprint density at radius 3 is 2.50 bits per heavy atom. The number of nitrogens with one attached hydrogen (secondary N) is 1. The van der Waals surface area contributed by atoms with E-state index in [1.807, 2.05) is 17.2 Å². The summed E-state index contributed by atoms with van der Waals surface area (Å²) in [5, 5.41) is 1.00. The van der Waals surface area contributed by atoms with Gasteiger partial charge in [0.25, 0.3) is 5.91 Å². The van der Waals surface area contributed by atoms with Gasteiger partial charge >= 0.3 is 0 Å². The largest absolute Gasteiger partial charge is 0.366 e. The molecule has 0 radical (unpaired) electrons. The third-order valence-electron chi connectivity index (χ3n) is 5.77. The predicted molar refractivity (Wildman–Crippen MR) is 104 cm³/mol. The third kappa shape index (κ3) is 2.60. The molecule has 2 amide bonds. The summed E-state index contributed by atoms with van der Waals surface area (Å²) in [5.74, 6) is 0.422. The van der Waals surface area contributed by atoms with Crippen molar-refractivity contribution in [2.75, 3.05) is 24.5 Å². The summed E-state index contributed by atoms with van der Waals surface area (Å²) in [6.45, 7) is 2.10. The number of H-pyrrole nitrogens is 1. The van der Waals surface area contributed by atoms with Crippen LogP contribution in [0, 0.1) is 0 Å². The molecular weight excluding hydrogens is 356 g/mol. The molecule has 0 bridgehead atoms. The number of nitrogens with zero attached hydrogens (tertiary/aromatic N) is 4. The van der Waals surface area contributed by atoms with Gasteiger partial charge in [-0.2, -0.15) is 0 Å². The molecule has 8 nitrogen and oxygen atoms in total. The zero-order valence-corrected chi connectivity index (χ0v) is 15.3. The van der Waals surface area contributed by atoms with Gasteiger partial charge in [-0.3, -0.25) is 9.59 Å². The van der Waals surface area contributed by atoms with Gasteiger partial charge in [-0.05, 0) is 43.2 Å². The molecule has 1 saturated carbocycles. The minimum atomic E-state index is -0.493. The number of carbonyl (C=O) groups excluding carboxylic acids is 2. The number of piperazine rings is 1. The second kappa shape index (κ2) is 6.05. The molecular formula is C20H20N6O2. The maximum Gasteiger partial charge on any atom is 0.254 e. The van der Waals surface area contributed by atoms with Crippen LogP contribution in [0.3, 0.4) is 0 Å². The van der Waals surface area contributed by atoms with Crippen molar-refractivity contribution in [1.29, 1.82) is 0 Å². The molecule has 1 aromatic carbocycles. The number of primary amides is 1. The summed E-state index contributed by atoms with van der Waals surface area (Å²) in [6.07, 6.45) is 5.41. The summed E-state index contributed by atoms with van der Waals surface area (Å²) < 4.78 is 0. The average molecular weight is 376 g/mol. The Kier molecular flexibility index (Phi) is 3.61. The number of aromatic nitrogens is 3. The molecule has 3 heterocycles. The van der Waals surface area contributed by atoms with E-state index in [9.17, 15) is 9.59 Å². The maximum atomic E-state index is 13.1. The fourth-order valence-electron chi connectivity index (χ4n) is 4.09. The fraction of sp³-hybridized carbons (Fsp3) is 0.300. The van der Waals surface area contributed by atoms with E-state index in [0.717, 1.165) is 36.2 Å². The Hall–Kier alpha value is -3.42. The van der Waals surface area contributed by atoms with Crippen LogP contribution in [0.2, 0.25) is 0 Å². The van der Waals surface area contributed by atoms with Gasteiger partial charge < -0.3 is 20.5 Å². The van der Waals surface area contributed by atoms with Gasteiger partial charge in [0.15, 0.2) is 0 Å². The highest BCUT2D eigenvalue weighted by Crippen LogP contribution is 2.46. The molecule has 1 aliphatic carbocycles. The quantitative estimate of drug-likeness (QED) is 0.721. The van der Waals surface area contributed by atoms with Crippen molar-refractivity contribution in [1.82, 2.24) is 19.9 Å². The minimum Gasteiger partial charge on any atom is -0.366 e. The summed E-state index contributed by atoms with van der Waals surface area (Å²) in [4.78, 5) is 40.5. The third-order valence-corrected chi connectivity index (χ3v) is 5.77. The Labute approximate surface area is 161 Å². The van der Waals surface area contributed by atoms with Crippen LogP contribution in [0.5, 0.6) is 0 Å². The summed E-state index contributed by atoms with van der Waals surface area (Å²) in [5.41, 5.74) is 6.95. The molecule has 1 spiro atoms. The van der Waals surface area contributed by atoms with Crippen molar-refractivity contribution in [2.45, 2.75) is 18.4 Å². The SMILES string of the molecule is NC(=O)c1ccc(C(=O)N2CCN(c3ncnc4[nH]ccc34)CC23CC3)cc1. The van der Waals surface area contributed by atoms with E-state index in [4.69, 9.17) is 5.73 Å². The van der Waals surface area contributed by atoms with Crippen LogP contribution < -0.4 is 10.6 Å². The van der Waals surface area contributed by atoms with Gasteiger partial charge in [0.1, 0.15) is 17.8 Å². The lowest BCUT2D eigenvalue weighted by Crippen LogP contribution is -2.57. The summed E-state index contributed by atoms with van der Waals surface area (Å²) in [7, 11) is 0. The van der Waals surface area contributed by atoms with Gasteiger partial charge in [0, 0.05) is 37.0 Å². The highest BCUT2D eigenvalue weighted by molar-refractivity contribution is 5.98. The van der Waals surface area contributed by atoms with Crippen LogP contribution >= 0.6 is 0 Å². The van der Waals surface area contributed by atoms with E-state index >= 15 is 0 Å². The first-order valence-corrected chi connectivity index (χ1v) is 9.32. The molecule has 28 heavy (non-hydrogen) atoms. The second-order valence-corrected chi connectivity index (χ2v) is 7.48. The standard InChI is InChI=1S/C20H20N6O2/c21-16(27)13-1-3-14(4-2-13)19(28)26-10-9-25(11-20(26)6-7-20)18-15-5-8-22-17(15)23-12-24-18/h1-5,8,12H,6-7,9-11H2,(H2,21,27)(H,22,23,24). The number of anilines is 1. The Morgan fingerprint density at radius 2 is 1.79 bits per heavy atom. The molecule has 2 aliphatic rings. The van der Waals surface area contributed by atoms with Crippen LogP contribution in [-0.4, -0.2) is 56.8 Å². The first-order chi connectivity index (χ1) is 13.6. The molecule has 3 N–H and O–H groups in total. The molecule has 0 unspecified atom stereocenters. The number of aromatic amines is 1. The monoisotopic (exact) mass is 376 g/mol. The fourth-order valence-corrected chi connectivity index (χ4v) is 4.09. The number of carbonyl (C=O) groups is 2. The first kappa shape index (κ1) is 16.7. The lowest BCUT2D eigenvalue weighted by atomic mass is 10.1. The zero-order valence-electron chi connectivity index (χ0n) is 15.3. The topological polar surface area (TPSA) is 108 Å².